The van der Waals surface area contributed by atoms with E-state index in [2.05, 4.69) is 20.2 Å². The lowest BCUT2D eigenvalue weighted by molar-refractivity contribution is -0.137. The molecule has 0 aliphatic carbocycles. The smallest absolute Gasteiger partial charge is 0.417 e. The van der Waals surface area contributed by atoms with E-state index < -0.39 is 11.7 Å². The highest BCUT2D eigenvalue weighted by Crippen LogP contribution is 2.30. The molecule has 0 unspecified atom stereocenters. The molecule has 0 spiro atoms. The molecule has 0 fully saturated rings. The van der Waals surface area contributed by atoms with E-state index in [4.69, 9.17) is 15.0 Å². The molecule has 3 heterocycles. The van der Waals surface area contributed by atoms with Crippen LogP contribution in [0.2, 0.25) is 0 Å². The average Bonchev–Trinajstić information content (AvgIpc) is 3.39. The van der Waals surface area contributed by atoms with E-state index in [0.29, 0.717) is 23.6 Å². The van der Waals surface area contributed by atoms with E-state index in [1.165, 1.54) is 0 Å². The summed E-state index contributed by atoms with van der Waals surface area (Å²) < 4.78 is 50.5. The first kappa shape index (κ1) is 20.5. The molecule has 0 saturated heterocycles. The largest absolute Gasteiger partial charge is 0.471 e. The molecule has 0 radical (unpaired) electrons. The lowest BCUT2D eigenvalue weighted by Crippen LogP contribution is -2.07. The van der Waals surface area contributed by atoms with E-state index in [-0.39, 0.29) is 18.4 Å². The maximum Gasteiger partial charge on any atom is 0.417 e. The standard InChI is InChI=1S/C20H17F3N6O2/c1-29-16(11-30-17-7-6-14(9-25-17)20(21,22)23)15(10-26-29)19-27-18(28-31-19)13-4-2-12(8-24)3-5-13/h2-7,9-10H,8,11,24H2,1H3. The third-order valence-electron chi connectivity index (χ3n) is 4.59. The van der Waals surface area contributed by atoms with E-state index in [9.17, 15) is 13.2 Å². The van der Waals surface area contributed by atoms with Crippen molar-refractivity contribution in [1.29, 1.82) is 0 Å². The number of alkyl halides is 3. The van der Waals surface area contributed by atoms with Crippen molar-refractivity contribution in [3.63, 3.8) is 0 Å². The van der Waals surface area contributed by atoms with Gasteiger partial charge < -0.3 is 15.0 Å². The Kier molecular flexibility index (Phi) is 5.42. The third-order valence-corrected chi connectivity index (χ3v) is 4.59. The molecular formula is C20H17F3N6O2. The first-order chi connectivity index (χ1) is 14.8. The van der Waals surface area contributed by atoms with E-state index in [1.807, 2.05) is 24.3 Å². The van der Waals surface area contributed by atoms with Gasteiger partial charge in [0.2, 0.25) is 11.7 Å². The van der Waals surface area contributed by atoms with Crippen LogP contribution in [0.1, 0.15) is 16.8 Å². The molecule has 4 aromatic rings. The lowest BCUT2D eigenvalue weighted by Gasteiger charge is -2.09. The van der Waals surface area contributed by atoms with Gasteiger partial charge in [0.1, 0.15) is 6.61 Å². The number of pyridine rings is 1. The zero-order valence-electron chi connectivity index (χ0n) is 16.3. The Morgan fingerprint density at radius 1 is 1.10 bits per heavy atom. The van der Waals surface area contributed by atoms with Crippen LogP contribution >= 0.6 is 0 Å². The molecule has 4 rings (SSSR count). The van der Waals surface area contributed by atoms with Gasteiger partial charge >= 0.3 is 6.18 Å². The molecule has 2 N–H and O–H groups in total. The zero-order valence-corrected chi connectivity index (χ0v) is 16.3. The van der Waals surface area contributed by atoms with Gasteiger partial charge in [0.25, 0.3) is 5.89 Å². The van der Waals surface area contributed by atoms with Gasteiger partial charge in [0.15, 0.2) is 0 Å². The van der Waals surface area contributed by atoms with Gasteiger partial charge in [-0.25, -0.2) is 4.98 Å². The predicted octanol–water partition coefficient (Wildman–Crippen LogP) is 3.59. The average molecular weight is 430 g/mol. The van der Waals surface area contributed by atoms with Gasteiger partial charge in [-0.1, -0.05) is 29.4 Å². The summed E-state index contributed by atoms with van der Waals surface area (Å²) in [6, 6.07) is 9.53. The molecule has 1 aromatic carbocycles. The van der Waals surface area contributed by atoms with Crippen molar-refractivity contribution in [2.75, 3.05) is 0 Å². The fourth-order valence-corrected chi connectivity index (χ4v) is 2.83. The maximum atomic E-state index is 12.7. The van der Waals surface area contributed by atoms with Crippen LogP contribution in [-0.2, 0) is 26.4 Å². The second kappa shape index (κ2) is 8.19. The molecule has 3 aromatic heterocycles. The molecule has 0 amide bonds. The summed E-state index contributed by atoms with van der Waals surface area (Å²) in [6.07, 6.45) is -2.19. The summed E-state index contributed by atoms with van der Waals surface area (Å²) in [6.45, 7) is 0.428. The first-order valence-electron chi connectivity index (χ1n) is 9.15. The minimum Gasteiger partial charge on any atom is -0.471 e. The van der Waals surface area contributed by atoms with Crippen molar-refractivity contribution < 1.29 is 22.4 Å². The van der Waals surface area contributed by atoms with E-state index in [0.717, 1.165) is 29.5 Å². The molecule has 0 saturated carbocycles. The van der Waals surface area contributed by atoms with Crippen LogP contribution in [0.5, 0.6) is 5.88 Å². The quantitative estimate of drug-likeness (QED) is 0.498. The van der Waals surface area contributed by atoms with Gasteiger partial charge in [-0.15, -0.1) is 0 Å². The monoisotopic (exact) mass is 430 g/mol. The second-order valence-corrected chi connectivity index (χ2v) is 6.62. The lowest BCUT2D eigenvalue weighted by atomic mass is 10.1. The van der Waals surface area contributed by atoms with Crippen molar-refractivity contribution in [1.82, 2.24) is 24.9 Å². The molecule has 0 bridgehead atoms. The van der Waals surface area contributed by atoms with Gasteiger partial charge in [0, 0.05) is 31.4 Å². The number of nitrogens with two attached hydrogens (primary N) is 1. The zero-order chi connectivity index (χ0) is 22.0. The molecule has 0 aliphatic rings. The van der Waals surface area contributed by atoms with Crippen molar-refractivity contribution >= 4 is 0 Å². The van der Waals surface area contributed by atoms with Crippen LogP contribution < -0.4 is 10.5 Å². The Morgan fingerprint density at radius 3 is 2.52 bits per heavy atom. The topological polar surface area (TPSA) is 105 Å². The van der Waals surface area contributed by atoms with Crippen LogP contribution in [0.4, 0.5) is 13.2 Å². The highest BCUT2D eigenvalue weighted by Gasteiger charge is 2.30. The van der Waals surface area contributed by atoms with Gasteiger partial charge in [-0.3, -0.25) is 4.68 Å². The normalized spacial score (nSPS) is 11.6. The molecule has 0 atom stereocenters. The Hall–Kier alpha value is -3.73. The number of aryl methyl sites for hydroxylation is 1. The molecular weight excluding hydrogens is 413 g/mol. The molecule has 11 heteroatoms. The van der Waals surface area contributed by atoms with Gasteiger partial charge in [-0.05, 0) is 11.6 Å². The molecule has 0 aliphatic heterocycles. The Labute approximate surface area is 174 Å². The van der Waals surface area contributed by atoms with E-state index in [1.54, 1.807) is 17.9 Å². The van der Waals surface area contributed by atoms with Crippen LogP contribution in [0.25, 0.3) is 22.8 Å². The third kappa shape index (κ3) is 4.40. The Balaban J connectivity index is 1.52. The number of aromatic nitrogens is 5. The number of benzene rings is 1. The Bertz CT molecular complexity index is 1170. The van der Waals surface area contributed by atoms with Crippen LogP contribution in [-0.4, -0.2) is 24.9 Å². The molecule has 31 heavy (non-hydrogen) atoms. The van der Waals surface area contributed by atoms with Crippen molar-refractivity contribution in [2.24, 2.45) is 12.8 Å². The fraction of sp³-hybridized carbons (Fsp3) is 0.200. The van der Waals surface area contributed by atoms with Crippen LogP contribution in [0.15, 0.2) is 53.3 Å². The molecule has 8 nitrogen and oxygen atoms in total. The van der Waals surface area contributed by atoms with Crippen molar-refractivity contribution in [3.05, 3.63) is 65.6 Å². The minimum atomic E-state index is -4.46. The van der Waals surface area contributed by atoms with Crippen LogP contribution in [0, 0.1) is 0 Å². The predicted molar refractivity (Wildman–Crippen MR) is 103 cm³/mol. The van der Waals surface area contributed by atoms with Gasteiger partial charge in [-0.2, -0.15) is 23.3 Å². The number of ether oxygens (including phenoxy) is 1. The summed E-state index contributed by atoms with van der Waals surface area (Å²) >= 11 is 0. The Morgan fingerprint density at radius 2 is 1.87 bits per heavy atom. The fourth-order valence-electron chi connectivity index (χ4n) is 2.83. The number of nitrogens with zero attached hydrogens (tertiary/aromatic N) is 5. The summed E-state index contributed by atoms with van der Waals surface area (Å²) in [7, 11) is 1.70. The number of hydrogen-bond donors (Lipinski definition) is 1. The highest BCUT2D eigenvalue weighted by atomic mass is 19.4. The number of halogens is 3. The summed E-state index contributed by atoms with van der Waals surface area (Å²) in [5, 5.41) is 8.19. The number of rotatable bonds is 6. The highest BCUT2D eigenvalue weighted by molar-refractivity contribution is 5.61. The summed E-state index contributed by atoms with van der Waals surface area (Å²) in [5.74, 6) is 0.690. The number of hydrogen-bond acceptors (Lipinski definition) is 7. The maximum absolute atomic E-state index is 12.7. The molecule has 160 valence electrons. The summed E-state index contributed by atoms with van der Waals surface area (Å²) in [4.78, 5) is 8.12. The van der Waals surface area contributed by atoms with Crippen molar-refractivity contribution in [3.8, 4) is 28.7 Å². The van der Waals surface area contributed by atoms with Gasteiger partial charge in [0.05, 0.1) is 23.0 Å². The summed E-state index contributed by atoms with van der Waals surface area (Å²) in [5.41, 5.74) is 7.65. The van der Waals surface area contributed by atoms with E-state index >= 15 is 0 Å². The van der Waals surface area contributed by atoms with Crippen LogP contribution in [0.3, 0.4) is 0 Å². The second-order valence-electron chi connectivity index (χ2n) is 6.62. The minimum absolute atomic E-state index is 0.00684. The SMILES string of the molecule is Cn1ncc(-c2nc(-c3ccc(CN)cc3)no2)c1COc1ccc(C(F)(F)F)cn1. The van der Waals surface area contributed by atoms with Crippen molar-refractivity contribution in [2.45, 2.75) is 19.3 Å². The first-order valence-corrected chi connectivity index (χ1v) is 9.15.